The number of rotatable bonds is 5. The van der Waals surface area contributed by atoms with Crippen LogP contribution in [0, 0.1) is 5.92 Å². The molecule has 0 rings (SSSR count). The fourth-order valence-electron chi connectivity index (χ4n) is 1.31. The molecule has 0 heterocycles. The molecule has 0 aliphatic carbocycles. The third-order valence-electron chi connectivity index (χ3n) is 1.79. The molecule has 13 heavy (non-hydrogen) atoms. The Labute approximate surface area is 76.3 Å². The van der Waals surface area contributed by atoms with Gasteiger partial charge in [0.05, 0.1) is 6.54 Å². The number of likely N-dealkylation sites (N-methyl/N-ethyl adjacent to an activating group) is 1. The number of halogens is 2. The highest BCUT2D eigenvalue weighted by molar-refractivity contribution is 5.73. The largest absolute Gasteiger partial charge is 0.480 e. The molecule has 0 aliphatic rings. The molecule has 0 aromatic heterocycles. The van der Waals surface area contributed by atoms with Gasteiger partial charge in [-0.25, -0.2) is 8.78 Å². The van der Waals surface area contributed by atoms with Crippen molar-refractivity contribution in [3.05, 3.63) is 0 Å². The van der Waals surface area contributed by atoms with Gasteiger partial charge in [-0.2, -0.15) is 0 Å². The maximum Gasteiger partial charge on any atom is 0.321 e. The highest BCUT2D eigenvalue weighted by atomic mass is 19.3. The van der Waals surface area contributed by atoms with Crippen molar-refractivity contribution in [2.24, 2.45) is 5.92 Å². The van der Waals surface area contributed by atoms with E-state index in [2.05, 4.69) is 0 Å². The monoisotopic (exact) mass is 195 g/mol. The van der Waals surface area contributed by atoms with Crippen molar-refractivity contribution >= 4 is 5.97 Å². The number of carboxylic acid groups (broad SMARTS) is 1. The van der Waals surface area contributed by atoms with E-state index in [4.69, 9.17) is 5.11 Å². The van der Waals surface area contributed by atoms with Gasteiger partial charge in [-0.15, -0.1) is 0 Å². The first-order valence-electron chi connectivity index (χ1n) is 4.07. The molecule has 0 radical (unpaired) electrons. The van der Waals surface area contributed by atoms with Crippen LogP contribution in [0.25, 0.3) is 0 Å². The van der Waals surface area contributed by atoms with E-state index in [1.54, 1.807) is 13.8 Å². The molecule has 0 aromatic carbocycles. The smallest absolute Gasteiger partial charge is 0.321 e. The second-order valence-corrected chi connectivity index (χ2v) is 3.36. The first-order chi connectivity index (χ1) is 5.86. The Kier molecular flexibility index (Phi) is 4.83. The van der Waals surface area contributed by atoms with Crippen molar-refractivity contribution in [1.82, 2.24) is 4.90 Å². The summed E-state index contributed by atoms with van der Waals surface area (Å²) in [5.74, 6) is -1.24. The molecule has 1 N–H and O–H groups in total. The molecule has 5 heteroatoms. The van der Waals surface area contributed by atoms with Crippen LogP contribution >= 0.6 is 0 Å². The molecule has 0 aromatic rings. The summed E-state index contributed by atoms with van der Waals surface area (Å²) in [5, 5.41) is 8.74. The van der Waals surface area contributed by atoms with Crippen LogP contribution in [0.15, 0.2) is 0 Å². The second-order valence-electron chi connectivity index (χ2n) is 3.36. The average Bonchev–Trinajstić information content (AvgIpc) is 1.81. The molecule has 1 atom stereocenters. The van der Waals surface area contributed by atoms with Gasteiger partial charge < -0.3 is 5.11 Å². The lowest BCUT2D eigenvalue weighted by Gasteiger charge is -2.26. The van der Waals surface area contributed by atoms with Crippen LogP contribution in [0.1, 0.15) is 13.8 Å². The zero-order valence-electron chi connectivity index (χ0n) is 8.00. The Balaban J connectivity index is 4.28. The van der Waals surface area contributed by atoms with E-state index in [0.29, 0.717) is 0 Å². The lowest BCUT2D eigenvalue weighted by Crippen LogP contribution is -2.44. The minimum atomic E-state index is -2.49. The van der Waals surface area contributed by atoms with Crippen LogP contribution in [0.3, 0.4) is 0 Å². The molecule has 0 saturated carbocycles. The molecule has 78 valence electrons. The van der Waals surface area contributed by atoms with Gasteiger partial charge in [-0.05, 0) is 13.0 Å². The number of aliphatic carboxylic acids is 1. The standard InChI is InChI=1S/C8H15F2NO2/c1-5(2)7(8(12)13)11(3)4-6(9)10/h5-7H,4H2,1-3H3,(H,12,13). The Hall–Kier alpha value is -0.710. The maximum absolute atomic E-state index is 11.9. The summed E-state index contributed by atoms with van der Waals surface area (Å²) in [5.41, 5.74) is 0. The van der Waals surface area contributed by atoms with Gasteiger partial charge in [0, 0.05) is 0 Å². The molecule has 0 fully saturated rings. The third-order valence-corrected chi connectivity index (χ3v) is 1.79. The number of nitrogens with zero attached hydrogens (tertiary/aromatic N) is 1. The van der Waals surface area contributed by atoms with Crippen LogP contribution in [-0.2, 0) is 4.79 Å². The van der Waals surface area contributed by atoms with E-state index in [-0.39, 0.29) is 5.92 Å². The van der Waals surface area contributed by atoms with Crippen LogP contribution < -0.4 is 0 Å². The van der Waals surface area contributed by atoms with E-state index >= 15 is 0 Å². The molecule has 0 amide bonds. The van der Waals surface area contributed by atoms with E-state index in [1.165, 1.54) is 7.05 Å². The predicted octanol–water partition coefficient (Wildman–Crippen LogP) is 1.29. The summed E-state index contributed by atoms with van der Waals surface area (Å²) in [6.07, 6.45) is -2.49. The summed E-state index contributed by atoms with van der Waals surface area (Å²) in [6.45, 7) is 2.89. The Morgan fingerprint density at radius 1 is 1.46 bits per heavy atom. The van der Waals surface area contributed by atoms with E-state index in [9.17, 15) is 13.6 Å². The summed E-state index contributed by atoms with van der Waals surface area (Å²) < 4.78 is 23.9. The van der Waals surface area contributed by atoms with Crippen LogP contribution in [-0.4, -0.2) is 42.0 Å². The predicted molar refractivity (Wildman–Crippen MR) is 44.9 cm³/mol. The Morgan fingerprint density at radius 2 is 1.92 bits per heavy atom. The molecular weight excluding hydrogens is 180 g/mol. The summed E-state index contributed by atoms with van der Waals surface area (Å²) in [6, 6.07) is -0.839. The van der Waals surface area contributed by atoms with Gasteiger partial charge in [0.1, 0.15) is 6.04 Å². The molecule has 3 nitrogen and oxygen atoms in total. The molecule has 0 saturated heterocycles. The fourth-order valence-corrected chi connectivity index (χ4v) is 1.31. The molecule has 0 spiro atoms. The van der Waals surface area contributed by atoms with Gasteiger partial charge in [0.25, 0.3) is 6.43 Å². The Bertz CT molecular complexity index is 174. The number of alkyl halides is 2. The lowest BCUT2D eigenvalue weighted by atomic mass is 10.0. The minimum absolute atomic E-state index is 0.179. The Morgan fingerprint density at radius 3 is 2.15 bits per heavy atom. The zero-order chi connectivity index (χ0) is 10.6. The van der Waals surface area contributed by atoms with Gasteiger partial charge in [0.2, 0.25) is 0 Å². The number of carboxylic acids is 1. The molecule has 0 aliphatic heterocycles. The quantitative estimate of drug-likeness (QED) is 0.718. The van der Waals surface area contributed by atoms with Crippen LogP contribution in [0.4, 0.5) is 8.78 Å². The number of carbonyl (C=O) groups is 1. The summed E-state index contributed by atoms with van der Waals surface area (Å²) in [4.78, 5) is 11.8. The molecular formula is C8H15F2NO2. The lowest BCUT2D eigenvalue weighted by molar-refractivity contribution is -0.145. The zero-order valence-corrected chi connectivity index (χ0v) is 8.00. The van der Waals surface area contributed by atoms with Crippen molar-refractivity contribution in [3.63, 3.8) is 0 Å². The van der Waals surface area contributed by atoms with E-state index in [0.717, 1.165) is 4.90 Å². The minimum Gasteiger partial charge on any atom is -0.480 e. The van der Waals surface area contributed by atoms with Crippen molar-refractivity contribution < 1.29 is 18.7 Å². The van der Waals surface area contributed by atoms with Gasteiger partial charge >= 0.3 is 5.97 Å². The normalized spacial score (nSPS) is 14.2. The highest BCUT2D eigenvalue weighted by Crippen LogP contribution is 2.10. The maximum atomic E-state index is 11.9. The molecule has 1 unspecified atom stereocenters. The van der Waals surface area contributed by atoms with Crippen molar-refractivity contribution in [3.8, 4) is 0 Å². The van der Waals surface area contributed by atoms with Crippen LogP contribution in [0.5, 0.6) is 0 Å². The third kappa shape index (κ3) is 4.17. The van der Waals surface area contributed by atoms with E-state index in [1.807, 2.05) is 0 Å². The summed E-state index contributed by atoms with van der Waals surface area (Å²) in [7, 11) is 1.39. The second kappa shape index (κ2) is 5.11. The van der Waals surface area contributed by atoms with Crippen molar-refractivity contribution in [2.75, 3.05) is 13.6 Å². The number of hydrogen-bond acceptors (Lipinski definition) is 2. The van der Waals surface area contributed by atoms with Gasteiger partial charge in [-0.1, -0.05) is 13.8 Å². The topological polar surface area (TPSA) is 40.5 Å². The van der Waals surface area contributed by atoms with Crippen LogP contribution in [0.2, 0.25) is 0 Å². The van der Waals surface area contributed by atoms with Gasteiger partial charge in [-0.3, -0.25) is 9.69 Å². The molecule has 0 bridgehead atoms. The van der Waals surface area contributed by atoms with E-state index < -0.39 is 25.0 Å². The van der Waals surface area contributed by atoms with Crippen molar-refractivity contribution in [2.45, 2.75) is 26.3 Å². The van der Waals surface area contributed by atoms with Gasteiger partial charge in [0.15, 0.2) is 0 Å². The SMILES string of the molecule is CC(C)C(C(=O)O)N(C)CC(F)F. The fraction of sp³-hybridized carbons (Fsp3) is 0.875. The highest BCUT2D eigenvalue weighted by Gasteiger charge is 2.27. The first-order valence-corrected chi connectivity index (χ1v) is 4.07. The average molecular weight is 195 g/mol. The number of hydrogen-bond donors (Lipinski definition) is 1. The first kappa shape index (κ1) is 12.3. The van der Waals surface area contributed by atoms with Crippen molar-refractivity contribution in [1.29, 1.82) is 0 Å². The summed E-state index contributed by atoms with van der Waals surface area (Å²) >= 11 is 0.